The summed E-state index contributed by atoms with van der Waals surface area (Å²) in [4.78, 5) is 0. The molecule has 1 rings (SSSR count). The predicted octanol–water partition coefficient (Wildman–Crippen LogP) is 3.34. The summed E-state index contributed by atoms with van der Waals surface area (Å²) in [5.41, 5.74) is -0.528. The molecule has 0 amide bonds. The highest BCUT2D eigenvalue weighted by atomic mass is 16.3. The summed E-state index contributed by atoms with van der Waals surface area (Å²) >= 11 is 0. The lowest BCUT2D eigenvalue weighted by Crippen LogP contribution is -2.43. The van der Waals surface area contributed by atoms with Crippen molar-refractivity contribution in [1.82, 2.24) is 5.32 Å². The topological polar surface area (TPSA) is 32.3 Å². The summed E-state index contributed by atoms with van der Waals surface area (Å²) in [7, 11) is 0. The summed E-state index contributed by atoms with van der Waals surface area (Å²) in [6.07, 6.45) is 7.27. The first-order valence-corrected chi connectivity index (χ1v) is 7.40. The Balaban J connectivity index is 2.29. The highest BCUT2D eigenvalue weighted by Gasteiger charge is 2.32. The fourth-order valence-electron chi connectivity index (χ4n) is 2.49. The van der Waals surface area contributed by atoms with Crippen LogP contribution in [0.2, 0.25) is 0 Å². The SMILES string of the molecule is CCCC(C)(O)CNC(CCC(C)C)C1CC1. The van der Waals surface area contributed by atoms with Crippen LogP contribution in [0.25, 0.3) is 0 Å². The Morgan fingerprint density at radius 3 is 2.41 bits per heavy atom. The van der Waals surface area contributed by atoms with Gasteiger partial charge in [0.05, 0.1) is 5.60 Å². The van der Waals surface area contributed by atoms with Gasteiger partial charge in [-0.1, -0.05) is 27.2 Å². The van der Waals surface area contributed by atoms with Crippen LogP contribution in [-0.2, 0) is 0 Å². The molecule has 0 bridgehead atoms. The van der Waals surface area contributed by atoms with Crippen LogP contribution in [0.3, 0.4) is 0 Å². The van der Waals surface area contributed by atoms with Crippen molar-refractivity contribution in [1.29, 1.82) is 0 Å². The standard InChI is InChI=1S/C15H31NO/c1-5-10-15(4,17)11-16-14(13-7-8-13)9-6-12(2)3/h12-14,16-17H,5-11H2,1-4H3. The molecule has 1 saturated carbocycles. The van der Waals surface area contributed by atoms with E-state index in [0.29, 0.717) is 6.04 Å². The molecule has 0 aromatic carbocycles. The van der Waals surface area contributed by atoms with Gasteiger partial charge in [-0.15, -0.1) is 0 Å². The molecular formula is C15H31NO. The van der Waals surface area contributed by atoms with E-state index >= 15 is 0 Å². The summed E-state index contributed by atoms with van der Waals surface area (Å²) in [5.74, 6) is 1.67. The molecule has 102 valence electrons. The maximum absolute atomic E-state index is 10.2. The summed E-state index contributed by atoms with van der Waals surface area (Å²) in [6.45, 7) is 9.41. The van der Waals surface area contributed by atoms with Crippen LogP contribution in [0.1, 0.15) is 66.2 Å². The average Bonchev–Trinajstić information content (AvgIpc) is 3.01. The zero-order valence-electron chi connectivity index (χ0n) is 12.1. The lowest BCUT2D eigenvalue weighted by molar-refractivity contribution is 0.0458. The molecular weight excluding hydrogens is 210 g/mol. The Morgan fingerprint density at radius 2 is 1.94 bits per heavy atom. The number of rotatable bonds is 9. The number of aliphatic hydroxyl groups is 1. The zero-order valence-corrected chi connectivity index (χ0v) is 12.1. The van der Waals surface area contributed by atoms with E-state index < -0.39 is 5.60 Å². The molecule has 0 heterocycles. The van der Waals surface area contributed by atoms with Crippen molar-refractivity contribution in [2.75, 3.05) is 6.54 Å². The second-order valence-corrected chi connectivity index (χ2v) is 6.54. The monoisotopic (exact) mass is 241 g/mol. The van der Waals surface area contributed by atoms with E-state index in [0.717, 1.165) is 31.2 Å². The molecule has 2 heteroatoms. The molecule has 2 nitrogen and oxygen atoms in total. The van der Waals surface area contributed by atoms with Crippen molar-refractivity contribution in [3.63, 3.8) is 0 Å². The van der Waals surface area contributed by atoms with Crippen molar-refractivity contribution in [2.45, 2.75) is 77.9 Å². The van der Waals surface area contributed by atoms with Crippen molar-refractivity contribution >= 4 is 0 Å². The highest BCUT2D eigenvalue weighted by Crippen LogP contribution is 2.35. The van der Waals surface area contributed by atoms with Crippen LogP contribution in [-0.4, -0.2) is 23.3 Å². The molecule has 2 atom stereocenters. The maximum atomic E-state index is 10.2. The van der Waals surface area contributed by atoms with Gasteiger partial charge in [-0.25, -0.2) is 0 Å². The first-order chi connectivity index (χ1) is 7.94. The van der Waals surface area contributed by atoms with Gasteiger partial charge in [-0.2, -0.15) is 0 Å². The minimum Gasteiger partial charge on any atom is -0.389 e. The zero-order chi connectivity index (χ0) is 12.9. The number of hydrogen-bond acceptors (Lipinski definition) is 2. The van der Waals surface area contributed by atoms with Gasteiger partial charge >= 0.3 is 0 Å². The summed E-state index contributed by atoms with van der Waals surface area (Å²) < 4.78 is 0. The minimum atomic E-state index is -0.528. The van der Waals surface area contributed by atoms with E-state index in [4.69, 9.17) is 0 Å². The Morgan fingerprint density at radius 1 is 1.29 bits per heavy atom. The third-order valence-electron chi connectivity index (χ3n) is 3.78. The Hall–Kier alpha value is -0.0800. The van der Waals surface area contributed by atoms with Gasteiger partial charge in [0.2, 0.25) is 0 Å². The Labute approximate surface area is 107 Å². The Bertz CT molecular complexity index is 209. The first-order valence-electron chi connectivity index (χ1n) is 7.40. The summed E-state index contributed by atoms with van der Waals surface area (Å²) in [5, 5.41) is 13.8. The number of hydrogen-bond donors (Lipinski definition) is 2. The van der Waals surface area contributed by atoms with Crippen LogP contribution in [0.4, 0.5) is 0 Å². The molecule has 0 aliphatic heterocycles. The van der Waals surface area contributed by atoms with Gasteiger partial charge in [-0.05, 0) is 50.9 Å². The largest absolute Gasteiger partial charge is 0.389 e. The lowest BCUT2D eigenvalue weighted by atomic mass is 9.97. The first kappa shape index (κ1) is 15.0. The normalized spacial score (nSPS) is 21.5. The minimum absolute atomic E-state index is 0.528. The fraction of sp³-hybridized carbons (Fsp3) is 1.00. The van der Waals surface area contributed by atoms with Crippen LogP contribution in [0.5, 0.6) is 0 Å². The van der Waals surface area contributed by atoms with Gasteiger partial charge < -0.3 is 10.4 Å². The number of nitrogens with one attached hydrogen (secondary N) is 1. The van der Waals surface area contributed by atoms with Gasteiger partial charge in [0.25, 0.3) is 0 Å². The molecule has 2 unspecified atom stereocenters. The van der Waals surface area contributed by atoms with E-state index in [-0.39, 0.29) is 0 Å². The molecule has 2 N–H and O–H groups in total. The van der Waals surface area contributed by atoms with E-state index in [1.165, 1.54) is 25.7 Å². The van der Waals surface area contributed by atoms with Gasteiger partial charge in [0.1, 0.15) is 0 Å². The van der Waals surface area contributed by atoms with Crippen LogP contribution < -0.4 is 5.32 Å². The quantitative estimate of drug-likeness (QED) is 0.649. The molecule has 0 saturated heterocycles. The average molecular weight is 241 g/mol. The van der Waals surface area contributed by atoms with Gasteiger partial charge in [0, 0.05) is 12.6 Å². The van der Waals surface area contributed by atoms with E-state index in [9.17, 15) is 5.11 Å². The van der Waals surface area contributed by atoms with Crippen LogP contribution in [0.15, 0.2) is 0 Å². The third-order valence-corrected chi connectivity index (χ3v) is 3.78. The molecule has 1 aliphatic rings. The van der Waals surface area contributed by atoms with Crippen molar-refractivity contribution in [2.24, 2.45) is 11.8 Å². The van der Waals surface area contributed by atoms with Gasteiger partial charge in [-0.3, -0.25) is 0 Å². The van der Waals surface area contributed by atoms with Crippen LogP contribution in [0, 0.1) is 11.8 Å². The Kier molecular flexibility index (Phi) is 5.94. The van der Waals surface area contributed by atoms with E-state index in [1.54, 1.807) is 0 Å². The highest BCUT2D eigenvalue weighted by molar-refractivity contribution is 4.88. The van der Waals surface area contributed by atoms with Crippen molar-refractivity contribution in [3.05, 3.63) is 0 Å². The van der Waals surface area contributed by atoms with E-state index in [2.05, 4.69) is 26.1 Å². The molecule has 0 spiro atoms. The molecule has 1 aliphatic carbocycles. The fourth-order valence-corrected chi connectivity index (χ4v) is 2.49. The molecule has 0 radical (unpaired) electrons. The predicted molar refractivity (Wildman–Crippen MR) is 74.1 cm³/mol. The summed E-state index contributed by atoms with van der Waals surface area (Å²) in [6, 6.07) is 0.640. The molecule has 0 aromatic rings. The second kappa shape index (κ2) is 6.75. The maximum Gasteiger partial charge on any atom is 0.0743 e. The third kappa shape index (κ3) is 6.42. The molecule has 17 heavy (non-hydrogen) atoms. The van der Waals surface area contributed by atoms with Crippen molar-refractivity contribution < 1.29 is 5.11 Å². The smallest absolute Gasteiger partial charge is 0.0743 e. The van der Waals surface area contributed by atoms with Crippen molar-refractivity contribution in [3.8, 4) is 0 Å². The van der Waals surface area contributed by atoms with Gasteiger partial charge in [0.15, 0.2) is 0 Å². The second-order valence-electron chi connectivity index (χ2n) is 6.54. The lowest BCUT2D eigenvalue weighted by Gasteiger charge is -2.27. The van der Waals surface area contributed by atoms with Crippen LogP contribution >= 0.6 is 0 Å². The molecule has 0 aromatic heterocycles. The molecule has 1 fully saturated rings. The van der Waals surface area contributed by atoms with E-state index in [1.807, 2.05) is 6.92 Å².